The Labute approximate surface area is 202 Å². The molecule has 1 heterocycles. The van der Waals surface area contributed by atoms with Gasteiger partial charge in [0.15, 0.2) is 5.82 Å². The maximum Gasteiger partial charge on any atom is 0.159 e. The second-order valence-corrected chi connectivity index (χ2v) is 10.1. The summed E-state index contributed by atoms with van der Waals surface area (Å²) in [6, 6.07) is 8.24. The molecule has 1 aromatic heterocycles. The van der Waals surface area contributed by atoms with Crippen molar-refractivity contribution in [2.24, 2.45) is 11.8 Å². The van der Waals surface area contributed by atoms with Crippen LogP contribution >= 0.6 is 0 Å². The molecular weight excluding hydrogens is 404 g/mol. The van der Waals surface area contributed by atoms with Crippen molar-refractivity contribution in [2.45, 2.75) is 110 Å². The van der Waals surface area contributed by atoms with E-state index in [0.717, 1.165) is 48.4 Å². The van der Waals surface area contributed by atoms with Gasteiger partial charge in [0.2, 0.25) is 0 Å². The van der Waals surface area contributed by atoms with Crippen LogP contribution in [-0.4, -0.2) is 16.6 Å². The number of aromatic nitrogens is 2. The van der Waals surface area contributed by atoms with Crippen molar-refractivity contribution in [3.8, 4) is 17.1 Å². The topological polar surface area (TPSA) is 35.0 Å². The number of ether oxygens (including phenoxy) is 1. The van der Waals surface area contributed by atoms with E-state index in [1.54, 1.807) is 0 Å². The minimum absolute atomic E-state index is 0.790. The average molecular weight is 451 g/mol. The second-order valence-electron chi connectivity index (χ2n) is 10.1. The van der Waals surface area contributed by atoms with Crippen LogP contribution in [0.2, 0.25) is 0 Å². The van der Waals surface area contributed by atoms with Gasteiger partial charge in [-0.15, -0.1) is 0 Å². The summed E-state index contributed by atoms with van der Waals surface area (Å²) in [5.74, 6) is 3.67. The number of hydrogen-bond donors (Lipinski definition) is 0. The lowest BCUT2D eigenvalue weighted by atomic mass is 9.78. The first kappa shape index (κ1) is 25.7. The molecule has 0 aliphatic heterocycles. The lowest BCUT2D eigenvalue weighted by molar-refractivity contribution is 0.228. The van der Waals surface area contributed by atoms with Crippen LogP contribution in [0.15, 0.2) is 36.7 Å². The lowest BCUT2D eigenvalue weighted by Gasteiger charge is -2.28. The zero-order valence-corrected chi connectivity index (χ0v) is 21.2. The number of unbranched alkanes of at least 4 members (excludes halogenated alkanes) is 5. The Morgan fingerprint density at radius 2 is 1.33 bits per heavy atom. The van der Waals surface area contributed by atoms with E-state index in [0.29, 0.717) is 0 Å². The Morgan fingerprint density at radius 3 is 1.97 bits per heavy atom. The fraction of sp³-hybridized carbons (Fsp3) is 0.667. The number of aryl methyl sites for hydroxylation is 1. The molecule has 3 nitrogen and oxygen atoms in total. The molecule has 0 radical (unpaired) electrons. The van der Waals surface area contributed by atoms with Gasteiger partial charge >= 0.3 is 0 Å². The first-order valence-corrected chi connectivity index (χ1v) is 13.8. The van der Waals surface area contributed by atoms with Gasteiger partial charge in [0.25, 0.3) is 0 Å². The van der Waals surface area contributed by atoms with Crippen LogP contribution in [0.4, 0.5) is 0 Å². The molecule has 0 spiro atoms. The van der Waals surface area contributed by atoms with Gasteiger partial charge < -0.3 is 4.74 Å². The number of rotatable bonds is 15. The van der Waals surface area contributed by atoms with Gasteiger partial charge in [0, 0.05) is 18.0 Å². The van der Waals surface area contributed by atoms with E-state index in [-0.39, 0.29) is 0 Å². The third kappa shape index (κ3) is 9.47. The van der Waals surface area contributed by atoms with Gasteiger partial charge in [0.05, 0.1) is 6.61 Å². The van der Waals surface area contributed by atoms with Crippen LogP contribution in [0, 0.1) is 11.8 Å². The van der Waals surface area contributed by atoms with Gasteiger partial charge in [-0.2, -0.15) is 0 Å². The van der Waals surface area contributed by atoms with E-state index >= 15 is 0 Å². The Hall–Kier alpha value is -1.90. The molecule has 0 bridgehead atoms. The van der Waals surface area contributed by atoms with Crippen LogP contribution in [0.5, 0.6) is 5.75 Å². The smallest absolute Gasteiger partial charge is 0.159 e. The number of nitrogens with zero attached hydrogens (tertiary/aromatic N) is 2. The highest BCUT2D eigenvalue weighted by Gasteiger charge is 2.20. The fourth-order valence-electron chi connectivity index (χ4n) is 5.12. The van der Waals surface area contributed by atoms with Gasteiger partial charge in [-0.1, -0.05) is 84.5 Å². The minimum atomic E-state index is 0.790. The molecule has 0 unspecified atom stereocenters. The molecule has 0 saturated heterocycles. The highest BCUT2D eigenvalue weighted by atomic mass is 16.5. The standard InChI is InChI=1S/C30H46N2O/c1-3-5-7-8-9-12-25-14-16-26(17-15-25)13-10-22-33-29-20-18-28(19-21-29)30-31-23-27(24-32-30)11-6-4-2/h18-21,23-26H,3-17,22H2,1-2H3. The molecule has 1 aliphatic rings. The molecular formula is C30H46N2O. The third-order valence-electron chi connectivity index (χ3n) is 7.34. The predicted octanol–water partition coefficient (Wildman–Crippen LogP) is 8.81. The van der Waals surface area contributed by atoms with Gasteiger partial charge in [-0.3, -0.25) is 0 Å². The second kappa shape index (κ2) is 15.1. The van der Waals surface area contributed by atoms with Gasteiger partial charge in [0.1, 0.15) is 5.75 Å². The Balaban J connectivity index is 1.28. The molecule has 0 N–H and O–H groups in total. The van der Waals surface area contributed by atoms with Crippen molar-refractivity contribution >= 4 is 0 Å². The Bertz CT molecular complexity index is 748. The molecule has 1 aromatic carbocycles. The van der Waals surface area contributed by atoms with Crippen molar-refractivity contribution in [3.05, 3.63) is 42.2 Å². The number of hydrogen-bond acceptors (Lipinski definition) is 3. The van der Waals surface area contributed by atoms with Crippen molar-refractivity contribution < 1.29 is 4.74 Å². The van der Waals surface area contributed by atoms with E-state index in [9.17, 15) is 0 Å². The zero-order valence-electron chi connectivity index (χ0n) is 21.2. The molecule has 182 valence electrons. The summed E-state index contributed by atoms with van der Waals surface area (Å²) in [6.45, 7) is 5.33. The Kier molecular flexibility index (Phi) is 11.8. The summed E-state index contributed by atoms with van der Waals surface area (Å²) in [6.07, 6.45) is 24.2. The molecule has 1 fully saturated rings. The molecule has 3 heteroatoms. The fourth-order valence-corrected chi connectivity index (χ4v) is 5.12. The quantitative estimate of drug-likeness (QED) is 0.254. The van der Waals surface area contributed by atoms with Crippen molar-refractivity contribution in [2.75, 3.05) is 6.61 Å². The van der Waals surface area contributed by atoms with Crippen molar-refractivity contribution in [1.29, 1.82) is 0 Å². The van der Waals surface area contributed by atoms with Crippen LogP contribution in [0.1, 0.15) is 109 Å². The molecule has 3 rings (SSSR count). The van der Waals surface area contributed by atoms with Gasteiger partial charge in [-0.05, 0) is 67.3 Å². The summed E-state index contributed by atoms with van der Waals surface area (Å²) in [5.41, 5.74) is 2.27. The number of benzene rings is 1. The predicted molar refractivity (Wildman–Crippen MR) is 140 cm³/mol. The largest absolute Gasteiger partial charge is 0.494 e. The summed E-state index contributed by atoms with van der Waals surface area (Å²) < 4.78 is 6.02. The summed E-state index contributed by atoms with van der Waals surface area (Å²) in [5, 5.41) is 0. The lowest BCUT2D eigenvalue weighted by Crippen LogP contribution is -2.15. The molecule has 0 amide bonds. The summed E-state index contributed by atoms with van der Waals surface area (Å²) in [4.78, 5) is 9.08. The van der Waals surface area contributed by atoms with E-state index < -0.39 is 0 Å². The normalized spacial score (nSPS) is 18.4. The third-order valence-corrected chi connectivity index (χ3v) is 7.34. The average Bonchev–Trinajstić information content (AvgIpc) is 2.87. The van der Waals surface area contributed by atoms with E-state index in [1.165, 1.54) is 89.0 Å². The van der Waals surface area contributed by atoms with E-state index in [1.807, 2.05) is 12.4 Å². The van der Waals surface area contributed by atoms with Crippen LogP contribution in [0.25, 0.3) is 11.4 Å². The van der Waals surface area contributed by atoms with Crippen molar-refractivity contribution in [1.82, 2.24) is 9.97 Å². The first-order valence-electron chi connectivity index (χ1n) is 13.8. The van der Waals surface area contributed by atoms with Crippen LogP contribution < -0.4 is 4.74 Å². The summed E-state index contributed by atoms with van der Waals surface area (Å²) in [7, 11) is 0. The SMILES string of the molecule is CCCCCCCC1CCC(CCCOc2ccc(-c3ncc(CCCC)cn3)cc2)CC1. The Morgan fingerprint density at radius 1 is 0.727 bits per heavy atom. The molecule has 2 aromatic rings. The maximum atomic E-state index is 6.02. The van der Waals surface area contributed by atoms with Gasteiger partial charge in [-0.25, -0.2) is 9.97 Å². The molecule has 33 heavy (non-hydrogen) atoms. The molecule has 0 atom stereocenters. The summed E-state index contributed by atoms with van der Waals surface area (Å²) >= 11 is 0. The highest BCUT2D eigenvalue weighted by molar-refractivity contribution is 5.55. The minimum Gasteiger partial charge on any atom is -0.494 e. The first-order chi connectivity index (χ1) is 16.3. The molecule has 1 aliphatic carbocycles. The maximum absolute atomic E-state index is 6.02. The van der Waals surface area contributed by atoms with E-state index in [4.69, 9.17) is 4.74 Å². The van der Waals surface area contributed by atoms with Crippen molar-refractivity contribution in [3.63, 3.8) is 0 Å². The van der Waals surface area contributed by atoms with Crippen LogP contribution in [0.3, 0.4) is 0 Å². The molecule has 1 saturated carbocycles. The monoisotopic (exact) mass is 450 g/mol. The van der Waals surface area contributed by atoms with Crippen LogP contribution in [-0.2, 0) is 6.42 Å². The highest BCUT2D eigenvalue weighted by Crippen LogP contribution is 2.34. The van der Waals surface area contributed by atoms with E-state index in [2.05, 4.69) is 48.1 Å². The zero-order chi connectivity index (χ0) is 23.1.